The number of thiazole rings is 1. The van der Waals surface area contributed by atoms with Crippen LogP contribution in [0.4, 0.5) is 4.39 Å². The lowest BCUT2D eigenvalue weighted by Gasteiger charge is -2.09. The molecule has 0 atom stereocenters. The number of nitrogens with zero attached hydrogens (tertiary/aromatic N) is 1. The van der Waals surface area contributed by atoms with E-state index in [1.807, 2.05) is 25.1 Å². The summed E-state index contributed by atoms with van der Waals surface area (Å²) >= 11 is 1.63. The van der Waals surface area contributed by atoms with Crippen LogP contribution in [0.5, 0.6) is 0 Å². The summed E-state index contributed by atoms with van der Waals surface area (Å²) in [6.07, 6.45) is 3.25. The standard InChI is InChI=1S/C25H25FN2OS/c1-15(2)10-11-27-24(29)13-19-16(3)20(18-9-8-17(26)12-21(18)19)14-25-28-22-6-4-5-7-23(22)30-25/h4-9,12,14-15H,10-11,13H2,1-3H3,(H,27,29)/b20-14-. The minimum Gasteiger partial charge on any atom is -0.356 e. The van der Waals surface area contributed by atoms with E-state index in [2.05, 4.69) is 31.3 Å². The molecule has 5 heteroatoms. The van der Waals surface area contributed by atoms with E-state index < -0.39 is 0 Å². The second-order valence-corrected chi connectivity index (χ2v) is 9.14. The molecule has 1 N–H and O–H groups in total. The SMILES string of the molecule is CC1=C(CC(=O)NCCC(C)C)c2cc(F)ccc2/C1=C\c1nc2ccccc2s1. The Bertz CT molecular complexity index is 1140. The largest absolute Gasteiger partial charge is 0.356 e. The molecule has 1 aliphatic rings. The molecular weight excluding hydrogens is 395 g/mol. The lowest BCUT2D eigenvalue weighted by atomic mass is 10.0. The zero-order valence-corrected chi connectivity index (χ0v) is 18.3. The predicted molar refractivity (Wildman–Crippen MR) is 124 cm³/mol. The van der Waals surface area contributed by atoms with Gasteiger partial charge in [-0.15, -0.1) is 11.3 Å². The van der Waals surface area contributed by atoms with Crippen LogP contribution >= 0.6 is 11.3 Å². The third-order valence-corrected chi connectivity index (χ3v) is 6.40. The summed E-state index contributed by atoms with van der Waals surface area (Å²) in [4.78, 5) is 17.2. The molecule has 0 radical (unpaired) electrons. The molecule has 4 rings (SSSR count). The summed E-state index contributed by atoms with van der Waals surface area (Å²) in [5.74, 6) is 0.220. The highest BCUT2D eigenvalue weighted by molar-refractivity contribution is 7.19. The van der Waals surface area contributed by atoms with Crippen molar-refractivity contribution in [2.24, 2.45) is 5.92 Å². The number of para-hydroxylation sites is 1. The van der Waals surface area contributed by atoms with Crippen molar-refractivity contribution in [1.82, 2.24) is 10.3 Å². The molecule has 154 valence electrons. The highest BCUT2D eigenvalue weighted by atomic mass is 32.1. The number of carbonyl (C=O) groups excluding carboxylic acids is 1. The van der Waals surface area contributed by atoms with E-state index in [1.54, 1.807) is 17.4 Å². The molecule has 0 unspecified atom stereocenters. The first-order valence-corrected chi connectivity index (χ1v) is 11.1. The number of benzene rings is 2. The summed E-state index contributed by atoms with van der Waals surface area (Å²) in [7, 11) is 0. The van der Waals surface area contributed by atoms with Gasteiger partial charge in [-0.25, -0.2) is 9.37 Å². The number of nitrogens with one attached hydrogen (secondary N) is 1. The van der Waals surface area contributed by atoms with Crippen LogP contribution in [0.15, 0.2) is 48.0 Å². The maximum atomic E-state index is 14.0. The summed E-state index contributed by atoms with van der Waals surface area (Å²) in [5, 5.41) is 3.90. The van der Waals surface area contributed by atoms with E-state index in [0.717, 1.165) is 49.5 Å². The van der Waals surface area contributed by atoms with Gasteiger partial charge in [0.15, 0.2) is 0 Å². The minimum absolute atomic E-state index is 0.0264. The number of fused-ring (bicyclic) bond motifs is 2. The van der Waals surface area contributed by atoms with Gasteiger partial charge in [0.2, 0.25) is 5.91 Å². The van der Waals surface area contributed by atoms with Crippen LogP contribution in [-0.4, -0.2) is 17.4 Å². The van der Waals surface area contributed by atoms with Gasteiger partial charge in [-0.1, -0.05) is 32.0 Å². The molecule has 1 amide bonds. The first kappa shape index (κ1) is 20.5. The van der Waals surface area contributed by atoms with Gasteiger partial charge < -0.3 is 5.32 Å². The highest BCUT2D eigenvalue weighted by Crippen LogP contribution is 2.44. The average Bonchev–Trinajstić information content (AvgIpc) is 3.22. The number of rotatable bonds is 6. The quantitative estimate of drug-likeness (QED) is 0.507. The zero-order valence-electron chi connectivity index (χ0n) is 17.5. The summed E-state index contributed by atoms with van der Waals surface area (Å²) in [6.45, 7) is 6.93. The Morgan fingerprint density at radius 3 is 2.77 bits per heavy atom. The Morgan fingerprint density at radius 2 is 2.00 bits per heavy atom. The number of aromatic nitrogens is 1. The molecule has 0 fully saturated rings. The number of allylic oxidation sites excluding steroid dienone is 2. The van der Waals surface area contributed by atoms with E-state index in [4.69, 9.17) is 4.98 Å². The Balaban J connectivity index is 1.68. The van der Waals surface area contributed by atoms with Crippen LogP contribution in [0.1, 0.15) is 49.7 Å². The smallest absolute Gasteiger partial charge is 0.224 e. The van der Waals surface area contributed by atoms with Crippen molar-refractivity contribution in [3.63, 3.8) is 0 Å². The molecule has 0 saturated heterocycles. The van der Waals surface area contributed by atoms with Crippen molar-refractivity contribution in [2.45, 2.75) is 33.6 Å². The summed E-state index contributed by atoms with van der Waals surface area (Å²) < 4.78 is 15.2. The molecule has 2 aromatic carbocycles. The second-order valence-electron chi connectivity index (χ2n) is 8.08. The van der Waals surface area contributed by atoms with Gasteiger partial charge in [-0.05, 0) is 77.5 Å². The van der Waals surface area contributed by atoms with Gasteiger partial charge in [0, 0.05) is 6.54 Å². The lowest BCUT2D eigenvalue weighted by molar-refractivity contribution is -0.120. The molecule has 0 saturated carbocycles. The Labute approximate surface area is 180 Å². The third-order valence-electron chi connectivity index (χ3n) is 5.41. The van der Waals surface area contributed by atoms with Crippen LogP contribution < -0.4 is 5.32 Å². The molecule has 0 spiro atoms. The van der Waals surface area contributed by atoms with Crippen LogP contribution in [-0.2, 0) is 4.79 Å². The fraction of sp³-hybridized carbons (Fsp3) is 0.280. The Hall–Kier alpha value is -2.79. The molecule has 1 heterocycles. The van der Waals surface area contributed by atoms with Gasteiger partial charge in [0.05, 0.1) is 16.6 Å². The van der Waals surface area contributed by atoms with E-state index in [-0.39, 0.29) is 18.1 Å². The average molecular weight is 421 g/mol. The van der Waals surface area contributed by atoms with Crippen LogP contribution in [0.3, 0.4) is 0 Å². The van der Waals surface area contributed by atoms with Crippen molar-refractivity contribution in [1.29, 1.82) is 0 Å². The van der Waals surface area contributed by atoms with Crippen LogP contribution in [0.25, 0.3) is 27.4 Å². The van der Waals surface area contributed by atoms with Crippen molar-refractivity contribution in [3.8, 4) is 0 Å². The first-order valence-electron chi connectivity index (χ1n) is 10.3. The van der Waals surface area contributed by atoms with Gasteiger partial charge in [-0.2, -0.15) is 0 Å². The van der Waals surface area contributed by atoms with Crippen molar-refractivity contribution >= 4 is 44.7 Å². The third kappa shape index (κ3) is 4.21. The van der Waals surface area contributed by atoms with Gasteiger partial charge in [-0.3, -0.25) is 4.79 Å². The lowest BCUT2D eigenvalue weighted by Crippen LogP contribution is -2.25. The Kier molecular flexibility index (Phi) is 5.82. The molecule has 0 bridgehead atoms. The van der Waals surface area contributed by atoms with Gasteiger partial charge in [0.25, 0.3) is 0 Å². The molecule has 30 heavy (non-hydrogen) atoms. The molecule has 1 aromatic heterocycles. The maximum Gasteiger partial charge on any atom is 0.224 e. The number of carbonyl (C=O) groups is 1. The van der Waals surface area contributed by atoms with E-state index in [1.165, 1.54) is 12.1 Å². The Morgan fingerprint density at radius 1 is 1.20 bits per heavy atom. The van der Waals surface area contributed by atoms with Gasteiger partial charge >= 0.3 is 0 Å². The van der Waals surface area contributed by atoms with E-state index >= 15 is 0 Å². The van der Waals surface area contributed by atoms with Crippen molar-refractivity contribution in [3.05, 3.63) is 70.0 Å². The fourth-order valence-electron chi connectivity index (χ4n) is 3.78. The van der Waals surface area contributed by atoms with E-state index in [9.17, 15) is 9.18 Å². The molecule has 0 aliphatic heterocycles. The summed E-state index contributed by atoms with van der Waals surface area (Å²) in [6, 6.07) is 12.9. The topological polar surface area (TPSA) is 42.0 Å². The van der Waals surface area contributed by atoms with E-state index in [0.29, 0.717) is 12.5 Å². The molecule has 3 aromatic rings. The molecular formula is C25H25FN2OS. The number of halogens is 1. The summed E-state index contributed by atoms with van der Waals surface area (Å²) in [5.41, 5.74) is 5.64. The number of hydrogen-bond acceptors (Lipinski definition) is 3. The maximum absolute atomic E-state index is 14.0. The fourth-order valence-corrected chi connectivity index (χ4v) is 4.69. The van der Waals surface area contributed by atoms with Crippen molar-refractivity contribution in [2.75, 3.05) is 6.54 Å². The predicted octanol–water partition coefficient (Wildman–Crippen LogP) is 6.32. The first-order chi connectivity index (χ1) is 14.4. The number of hydrogen-bond donors (Lipinski definition) is 1. The minimum atomic E-state index is -0.291. The zero-order chi connectivity index (χ0) is 21.3. The van der Waals surface area contributed by atoms with Crippen molar-refractivity contribution < 1.29 is 9.18 Å². The van der Waals surface area contributed by atoms with Crippen LogP contribution in [0.2, 0.25) is 0 Å². The normalized spacial score (nSPS) is 14.8. The monoisotopic (exact) mass is 420 g/mol. The molecule has 1 aliphatic carbocycles. The highest BCUT2D eigenvalue weighted by Gasteiger charge is 2.26. The van der Waals surface area contributed by atoms with Gasteiger partial charge in [0.1, 0.15) is 10.8 Å². The number of amides is 1. The van der Waals surface area contributed by atoms with Crippen LogP contribution in [0, 0.1) is 11.7 Å². The second kappa shape index (κ2) is 8.52. The molecule has 3 nitrogen and oxygen atoms in total.